The Balaban J connectivity index is 0.998. The third kappa shape index (κ3) is 5.44. The molecule has 9 aromatic rings. The Labute approximate surface area is 369 Å². The highest BCUT2D eigenvalue weighted by Gasteiger charge is 2.53. The van der Waals surface area contributed by atoms with Crippen LogP contribution in [0.4, 0.5) is 5.69 Å². The molecule has 0 bridgehead atoms. The van der Waals surface area contributed by atoms with Crippen LogP contribution < -0.4 is 5.32 Å². The summed E-state index contributed by atoms with van der Waals surface area (Å²) in [6.07, 6.45) is 11.0. The van der Waals surface area contributed by atoms with Crippen LogP contribution >= 0.6 is 0 Å². The third-order valence-electron chi connectivity index (χ3n) is 14.4. The lowest BCUT2D eigenvalue weighted by atomic mass is 9.55. The molecular weight excluding hydrogens is 763 g/mol. The summed E-state index contributed by atoms with van der Waals surface area (Å²) in [4.78, 5) is 0. The van der Waals surface area contributed by atoms with Crippen LogP contribution in [-0.4, -0.2) is 0 Å². The summed E-state index contributed by atoms with van der Waals surface area (Å²) in [7, 11) is 0. The quantitative estimate of drug-likeness (QED) is 0.169. The van der Waals surface area contributed by atoms with E-state index < -0.39 is 5.41 Å². The van der Waals surface area contributed by atoms with Crippen molar-refractivity contribution in [1.29, 1.82) is 0 Å². The number of anilines is 1. The number of hydrogen-bond donors (Lipinski definition) is 1. The molecule has 1 heterocycles. The summed E-state index contributed by atoms with van der Waals surface area (Å²) >= 11 is 0. The second kappa shape index (κ2) is 13.8. The van der Waals surface area contributed by atoms with Gasteiger partial charge in [0.1, 0.15) is 11.2 Å². The summed E-state index contributed by atoms with van der Waals surface area (Å²) in [6, 6.07) is 64.9. The number of allylic oxidation sites excluding steroid dienone is 4. The van der Waals surface area contributed by atoms with E-state index in [-0.39, 0.29) is 10.8 Å². The second-order valence-corrected chi connectivity index (χ2v) is 18.5. The van der Waals surface area contributed by atoms with E-state index in [1.165, 1.54) is 77.9 Å². The molecule has 0 aliphatic heterocycles. The molecule has 0 saturated heterocycles. The van der Waals surface area contributed by atoms with Crippen LogP contribution in [0.1, 0.15) is 83.3 Å². The Bertz CT molecular complexity index is 3390. The molecule has 3 aliphatic carbocycles. The molecule has 0 fully saturated rings. The van der Waals surface area contributed by atoms with Gasteiger partial charge in [-0.05, 0) is 120 Å². The Kier molecular flexibility index (Phi) is 8.18. The SMILES string of the molecule is CC1(C)c2ccccc2-c2ccc(\C=C/C(=C\C=C\Nc3ccc4oc5ccccc5c4c3)c3ccc4c(c3)C3(c5ccccc5-4)c4ccccc4C(C)(C)c4ccccc43)cc21. The van der Waals surface area contributed by atoms with Gasteiger partial charge in [0.2, 0.25) is 0 Å². The molecule has 0 atom stereocenters. The van der Waals surface area contributed by atoms with E-state index in [2.05, 4.69) is 215 Å². The Morgan fingerprint density at radius 2 is 1.03 bits per heavy atom. The topological polar surface area (TPSA) is 25.2 Å². The molecule has 1 spiro atoms. The maximum Gasteiger partial charge on any atom is 0.135 e. The van der Waals surface area contributed by atoms with E-state index in [1.807, 2.05) is 24.4 Å². The van der Waals surface area contributed by atoms with Crippen LogP contribution in [0.25, 0.3) is 55.8 Å². The van der Waals surface area contributed by atoms with Crippen LogP contribution in [0.5, 0.6) is 0 Å². The van der Waals surface area contributed by atoms with Crippen molar-refractivity contribution >= 4 is 39.3 Å². The van der Waals surface area contributed by atoms with Gasteiger partial charge in [0, 0.05) is 33.5 Å². The third-order valence-corrected chi connectivity index (χ3v) is 14.4. The molecule has 63 heavy (non-hydrogen) atoms. The minimum Gasteiger partial charge on any atom is -0.456 e. The van der Waals surface area contributed by atoms with E-state index in [0.717, 1.165) is 33.2 Å². The minimum absolute atomic E-state index is 0.0704. The van der Waals surface area contributed by atoms with Gasteiger partial charge in [-0.2, -0.15) is 0 Å². The molecule has 2 heteroatoms. The van der Waals surface area contributed by atoms with Crippen LogP contribution in [0.3, 0.4) is 0 Å². The number of hydrogen-bond acceptors (Lipinski definition) is 2. The lowest BCUT2D eigenvalue weighted by molar-refractivity contribution is 0.563. The summed E-state index contributed by atoms with van der Waals surface area (Å²) in [5.41, 5.74) is 21.8. The zero-order valence-corrected chi connectivity index (χ0v) is 36.0. The van der Waals surface area contributed by atoms with Gasteiger partial charge in [-0.3, -0.25) is 0 Å². The van der Waals surface area contributed by atoms with Gasteiger partial charge in [-0.1, -0.05) is 192 Å². The van der Waals surface area contributed by atoms with E-state index in [0.29, 0.717) is 0 Å². The summed E-state index contributed by atoms with van der Waals surface area (Å²) in [5.74, 6) is 0. The van der Waals surface area contributed by atoms with Gasteiger partial charge < -0.3 is 9.73 Å². The molecule has 302 valence electrons. The number of nitrogens with one attached hydrogen (secondary N) is 1. The van der Waals surface area contributed by atoms with Crippen molar-refractivity contribution in [3.8, 4) is 22.3 Å². The van der Waals surface area contributed by atoms with Crippen LogP contribution in [0, 0.1) is 0 Å². The van der Waals surface area contributed by atoms with Crippen molar-refractivity contribution in [1.82, 2.24) is 0 Å². The van der Waals surface area contributed by atoms with Crippen molar-refractivity contribution in [2.45, 2.75) is 43.9 Å². The molecule has 1 N–H and O–H groups in total. The Hall–Kier alpha value is -7.42. The molecule has 0 radical (unpaired) electrons. The molecule has 3 aliphatic rings. The van der Waals surface area contributed by atoms with Crippen LogP contribution in [0.2, 0.25) is 0 Å². The van der Waals surface area contributed by atoms with E-state index in [9.17, 15) is 0 Å². The highest BCUT2D eigenvalue weighted by atomic mass is 16.3. The molecule has 0 saturated carbocycles. The first-order valence-electron chi connectivity index (χ1n) is 22.2. The summed E-state index contributed by atoms with van der Waals surface area (Å²) < 4.78 is 6.11. The van der Waals surface area contributed by atoms with Gasteiger partial charge in [0.15, 0.2) is 0 Å². The monoisotopic (exact) mass is 809 g/mol. The van der Waals surface area contributed by atoms with Gasteiger partial charge in [-0.25, -0.2) is 0 Å². The van der Waals surface area contributed by atoms with Gasteiger partial charge >= 0.3 is 0 Å². The molecule has 0 amide bonds. The largest absolute Gasteiger partial charge is 0.456 e. The first-order valence-corrected chi connectivity index (χ1v) is 22.2. The molecule has 1 aromatic heterocycles. The van der Waals surface area contributed by atoms with E-state index in [1.54, 1.807) is 0 Å². The number of furan rings is 1. The van der Waals surface area contributed by atoms with Gasteiger partial charge in [0.05, 0.1) is 5.41 Å². The first kappa shape index (κ1) is 37.4. The van der Waals surface area contributed by atoms with E-state index >= 15 is 0 Å². The summed E-state index contributed by atoms with van der Waals surface area (Å²) in [6.45, 7) is 9.47. The number of fused-ring (bicyclic) bond motifs is 15. The number of rotatable bonds is 6. The standard InChI is InChI=1S/C61H47NO/c1-59(2)49-20-8-5-17-43(49)45-32-28-39(36-55(45)59)27-29-40(16-15-35-62-42-31-34-58-48(38-42)47-19-7-14-26-57(47)63-58)41-30-33-46-44-18-6-9-21-50(44)61(56(46)37-41)53-24-12-10-22-51(53)60(3,4)52-23-11-13-25-54(52)61/h5-38,62H,1-4H3/b29-27-,35-15+,40-16+. The fourth-order valence-electron chi connectivity index (χ4n) is 11.4. The molecule has 0 unspecified atom stereocenters. The molecule has 8 aromatic carbocycles. The first-order chi connectivity index (χ1) is 30.7. The van der Waals surface area contributed by atoms with Crippen molar-refractivity contribution in [2.75, 3.05) is 5.32 Å². The zero-order chi connectivity index (χ0) is 42.5. The maximum absolute atomic E-state index is 6.11. The molecule has 2 nitrogen and oxygen atoms in total. The van der Waals surface area contributed by atoms with Crippen molar-refractivity contribution in [3.63, 3.8) is 0 Å². The highest BCUT2D eigenvalue weighted by molar-refractivity contribution is 6.06. The van der Waals surface area contributed by atoms with Crippen LogP contribution in [0.15, 0.2) is 205 Å². The predicted octanol–water partition coefficient (Wildman–Crippen LogP) is 15.6. The zero-order valence-electron chi connectivity index (χ0n) is 36.0. The highest BCUT2D eigenvalue weighted by Crippen LogP contribution is 2.62. The predicted molar refractivity (Wildman–Crippen MR) is 263 cm³/mol. The van der Waals surface area contributed by atoms with Crippen molar-refractivity contribution < 1.29 is 4.42 Å². The van der Waals surface area contributed by atoms with Gasteiger partial charge in [0.25, 0.3) is 0 Å². The van der Waals surface area contributed by atoms with Crippen LogP contribution in [-0.2, 0) is 16.2 Å². The Morgan fingerprint density at radius 1 is 0.460 bits per heavy atom. The number of benzene rings is 8. The number of para-hydroxylation sites is 1. The average molecular weight is 810 g/mol. The van der Waals surface area contributed by atoms with Crippen molar-refractivity contribution in [2.24, 2.45) is 0 Å². The van der Waals surface area contributed by atoms with E-state index in [4.69, 9.17) is 4.42 Å². The fourth-order valence-corrected chi connectivity index (χ4v) is 11.4. The molecular formula is C61H47NO. The Morgan fingerprint density at radius 3 is 1.79 bits per heavy atom. The normalized spacial score (nSPS) is 16.0. The lowest BCUT2D eigenvalue weighted by Crippen LogP contribution is -2.40. The average Bonchev–Trinajstić information content (AvgIpc) is 3.91. The second-order valence-electron chi connectivity index (χ2n) is 18.5. The van der Waals surface area contributed by atoms with Gasteiger partial charge in [-0.15, -0.1) is 0 Å². The maximum atomic E-state index is 6.11. The molecule has 12 rings (SSSR count). The summed E-state index contributed by atoms with van der Waals surface area (Å²) in [5, 5.41) is 5.78. The fraction of sp³-hybridized carbons (Fsp3) is 0.115. The lowest BCUT2D eigenvalue weighted by Gasteiger charge is -2.46. The smallest absolute Gasteiger partial charge is 0.135 e. The minimum atomic E-state index is -0.465. The van der Waals surface area contributed by atoms with Crippen molar-refractivity contribution in [3.05, 3.63) is 256 Å².